The maximum atomic E-state index is 4.69. The molecule has 0 amide bonds. The number of anilines is 1. The van der Waals surface area contributed by atoms with Crippen LogP contribution in [0.3, 0.4) is 0 Å². The van der Waals surface area contributed by atoms with Gasteiger partial charge in [-0.05, 0) is 12.1 Å². The minimum absolute atomic E-state index is 0.405. The van der Waals surface area contributed by atoms with Crippen molar-refractivity contribution in [1.29, 1.82) is 0 Å². The lowest BCUT2D eigenvalue weighted by molar-refractivity contribution is 0.355. The topological polar surface area (TPSA) is 51.8 Å². The van der Waals surface area contributed by atoms with Crippen LogP contribution in [0.5, 0.6) is 0 Å². The van der Waals surface area contributed by atoms with Gasteiger partial charge in [0, 0.05) is 26.3 Å². The highest BCUT2D eigenvalue weighted by Crippen LogP contribution is 2.28. The van der Waals surface area contributed by atoms with Crippen molar-refractivity contribution in [2.75, 3.05) is 18.0 Å². The van der Waals surface area contributed by atoms with E-state index in [0.29, 0.717) is 6.04 Å². The zero-order valence-electron chi connectivity index (χ0n) is 10.6. The molecule has 0 aliphatic carbocycles. The van der Waals surface area contributed by atoms with Gasteiger partial charge in [-0.2, -0.15) is 0 Å². The molecule has 3 heterocycles. The second-order valence-corrected chi connectivity index (χ2v) is 4.90. The summed E-state index contributed by atoms with van der Waals surface area (Å²) in [4.78, 5) is 6.96. The summed E-state index contributed by atoms with van der Waals surface area (Å²) in [5, 5.41) is 7.89. The van der Waals surface area contributed by atoms with Crippen LogP contribution in [-0.4, -0.2) is 37.6 Å². The zero-order valence-corrected chi connectivity index (χ0v) is 10.6. The van der Waals surface area contributed by atoms with E-state index in [4.69, 9.17) is 4.98 Å². The van der Waals surface area contributed by atoms with Crippen molar-refractivity contribution in [3.63, 3.8) is 0 Å². The predicted octanol–water partition coefficient (Wildman–Crippen LogP) is 1.23. The molecule has 0 radical (unpaired) electrons. The Balaban J connectivity index is 1.61. The molecular formula is C13H14N6. The summed E-state index contributed by atoms with van der Waals surface area (Å²) in [7, 11) is 2.06. The molecule has 6 nitrogen and oxygen atoms in total. The number of para-hydroxylation sites is 2. The van der Waals surface area contributed by atoms with Gasteiger partial charge in [0.1, 0.15) is 0 Å². The lowest BCUT2D eigenvalue weighted by Gasteiger charge is -2.39. The van der Waals surface area contributed by atoms with Gasteiger partial charge in [-0.1, -0.05) is 17.3 Å². The molecule has 19 heavy (non-hydrogen) atoms. The predicted molar refractivity (Wildman–Crippen MR) is 72.0 cm³/mol. The quantitative estimate of drug-likeness (QED) is 0.690. The first-order valence-electron chi connectivity index (χ1n) is 6.35. The molecule has 0 unspecified atom stereocenters. The van der Waals surface area contributed by atoms with Crippen molar-refractivity contribution in [2.45, 2.75) is 6.04 Å². The SMILES string of the molecule is Cn1c(N2CC(n3ccnn3)C2)nc2ccccc21. The lowest BCUT2D eigenvalue weighted by Crippen LogP contribution is -2.49. The van der Waals surface area contributed by atoms with Crippen LogP contribution in [0, 0.1) is 0 Å². The van der Waals surface area contributed by atoms with Crippen molar-refractivity contribution in [3.8, 4) is 0 Å². The van der Waals surface area contributed by atoms with Crippen molar-refractivity contribution in [3.05, 3.63) is 36.7 Å². The minimum Gasteiger partial charge on any atom is -0.338 e. The third kappa shape index (κ3) is 1.53. The second kappa shape index (κ2) is 3.81. The third-order valence-corrected chi connectivity index (χ3v) is 3.72. The van der Waals surface area contributed by atoms with Gasteiger partial charge in [0.25, 0.3) is 0 Å². The molecule has 6 heteroatoms. The maximum absolute atomic E-state index is 4.69. The maximum Gasteiger partial charge on any atom is 0.206 e. The second-order valence-electron chi connectivity index (χ2n) is 4.90. The molecule has 0 atom stereocenters. The average molecular weight is 254 g/mol. The highest BCUT2D eigenvalue weighted by atomic mass is 15.5. The van der Waals surface area contributed by atoms with E-state index >= 15 is 0 Å². The molecular weight excluding hydrogens is 240 g/mol. The van der Waals surface area contributed by atoms with Crippen LogP contribution in [0.2, 0.25) is 0 Å². The summed E-state index contributed by atoms with van der Waals surface area (Å²) in [6.45, 7) is 1.86. The van der Waals surface area contributed by atoms with Crippen LogP contribution < -0.4 is 4.90 Å². The summed E-state index contributed by atoms with van der Waals surface area (Å²) < 4.78 is 4.06. The fourth-order valence-corrected chi connectivity index (χ4v) is 2.61. The normalized spacial score (nSPS) is 15.9. The molecule has 0 spiro atoms. The summed E-state index contributed by atoms with van der Waals surface area (Å²) >= 11 is 0. The van der Waals surface area contributed by atoms with E-state index in [1.165, 1.54) is 5.52 Å². The van der Waals surface area contributed by atoms with Crippen molar-refractivity contribution in [1.82, 2.24) is 24.5 Å². The largest absolute Gasteiger partial charge is 0.338 e. The molecule has 0 saturated carbocycles. The average Bonchev–Trinajstić information content (AvgIpc) is 2.98. The van der Waals surface area contributed by atoms with Gasteiger partial charge in [-0.25, -0.2) is 9.67 Å². The van der Waals surface area contributed by atoms with Gasteiger partial charge >= 0.3 is 0 Å². The van der Waals surface area contributed by atoms with Crippen molar-refractivity contribution >= 4 is 17.0 Å². The van der Waals surface area contributed by atoms with Crippen LogP contribution in [-0.2, 0) is 7.05 Å². The van der Waals surface area contributed by atoms with E-state index in [-0.39, 0.29) is 0 Å². The van der Waals surface area contributed by atoms with Gasteiger partial charge in [0.2, 0.25) is 5.95 Å². The monoisotopic (exact) mass is 254 g/mol. The van der Waals surface area contributed by atoms with Crippen LogP contribution in [0.1, 0.15) is 6.04 Å². The molecule has 3 aromatic rings. The molecule has 1 aliphatic rings. The van der Waals surface area contributed by atoms with E-state index < -0.39 is 0 Å². The Morgan fingerprint density at radius 1 is 1.21 bits per heavy atom. The highest BCUT2D eigenvalue weighted by Gasteiger charge is 2.31. The molecule has 1 saturated heterocycles. The third-order valence-electron chi connectivity index (χ3n) is 3.72. The Morgan fingerprint density at radius 3 is 2.79 bits per heavy atom. The molecule has 2 aromatic heterocycles. The van der Waals surface area contributed by atoms with Gasteiger partial charge in [0.15, 0.2) is 0 Å². The van der Waals surface area contributed by atoms with Gasteiger partial charge in [-0.3, -0.25) is 0 Å². The molecule has 1 aliphatic heterocycles. The van der Waals surface area contributed by atoms with E-state index in [1.807, 2.05) is 29.1 Å². The number of imidazole rings is 1. The Hall–Kier alpha value is -2.37. The number of hydrogen-bond acceptors (Lipinski definition) is 4. The number of fused-ring (bicyclic) bond motifs is 1. The summed E-state index contributed by atoms with van der Waals surface area (Å²) in [6.07, 6.45) is 3.63. The van der Waals surface area contributed by atoms with E-state index in [2.05, 4.69) is 32.9 Å². The van der Waals surface area contributed by atoms with Crippen LogP contribution in [0.15, 0.2) is 36.7 Å². The Kier molecular flexibility index (Phi) is 2.11. The highest BCUT2D eigenvalue weighted by molar-refractivity contribution is 5.78. The smallest absolute Gasteiger partial charge is 0.206 e. The van der Waals surface area contributed by atoms with E-state index in [0.717, 1.165) is 24.6 Å². The zero-order chi connectivity index (χ0) is 12.8. The van der Waals surface area contributed by atoms with Crippen LogP contribution in [0.4, 0.5) is 5.95 Å². The molecule has 96 valence electrons. The molecule has 4 rings (SSSR count). The van der Waals surface area contributed by atoms with Gasteiger partial charge in [0.05, 0.1) is 23.3 Å². The van der Waals surface area contributed by atoms with E-state index in [9.17, 15) is 0 Å². The standard InChI is InChI=1S/C13H14N6/c1-17-12-5-3-2-4-11(12)15-13(17)18-8-10(9-18)19-7-6-14-16-19/h2-7,10H,8-9H2,1H3. The molecule has 1 aromatic carbocycles. The fourth-order valence-electron chi connectivity index (χ4n) is 2.61. The number of nitrogens with zero attached hydrogens (tertiary/aromatic N) is 6. The minimum atomic E-state index is 0.405. The number of hydrogen-bond donors (Lipinski definition) is 0. The summed E-state index contributed by atoms with van der Waals surface area (Å²) in [6, 6.07) is 8.62. The first kappa shape index (κ1) is 10.5. The van der Waals surface area contributed by atoms with Crippen LogP contribution in [0.25, 0.3) is 11.0 Å². The van der Waals surface area contributed by atoms with Gasteiger partial charge in [-0.15, -0.1) is 5.10 Å². The van der Waals surface area contributed by atoms with Crippen molar-refractivity contribution in [2.24, 2.45) is 7.05 Å². The molecule has 1 fully saturated rings. The summed E-state index contributed by atoms with van der Waals surface area (Å²) in [5.74, 6) is 1.03. The molecule has 0 N–H and O–H groups in total. The Morgan fingerprint density at radius 2 is 2.05 bits per heavy atom. The Bertz CT molecular complexity index is 708. The Labute approximate surface area is 110 Å². The lowest BCUT2D eigenvalue weighted by atomic mass is 10.1. The summed E-state index contributed by atoms with van der Waals surface area (Å²) in [5.41, 5.74) is 2.21. The van der Waals surface area contributed by atoms with Crippen molar-refractivity contribution < 1.29 is 0 Å². The van der Waals surface area contributed by atoms with E-state index in [1.54, 1.807) is 6.20 Å². The first-order valence-corrected chi connectivity index (χ1v) is 6.35. The molecule has 0 bridgehead atoms. The number of aryl methyl sites for hydroxylation is 1. The van der Waals surface area contributed by atoms with Gasteiger partial charge < -0.3 is 9.47 Å². The number of benzene rings is 1. The number of rotatable bonds is 2. The van der Waals surface area contributed by atoms with Crippen LogP contribution >= 0.6 is 0 Å². The first-order chi connectivity index (χ1) is 9.33. The number of aromatic nitrogens is 5. The fraction of sp³-hybridized carbons (Fsp3) is 0.308.